The van der Waals surface area contributed by atoms with Crippen LogP contribution in [0, 0.1) is 21.8 Å². The molecule has 2 heterocycles. The molecule has 0 bridgehead atoms. The molecule has 2 fully saturated rings. The molecule has 2 amide bonds. The molecule has 0 spiro atoms. The van der Waals surface area contributed by atoms with Crippen molar-refractivity contribution in [2.24, 2.45) is 5.92 Å². The number of fused-ring (bicyclic) bond motifs is 1. The van der Waals surface area contributed by atoms with E-state index in [4.69, 9.17) is 9.57 Å². The fourth-order valence-corrected chi connectivity index (χ4v) is 4.86. The van der Waals surface area contributed by atoms with Crippen LogP contribution in [0.5, 0.6) is 5.75 Å². The van der Waals surface area contributed by atoms with Gasteiger partial charge in [0.25, 0.3) is 11.6 Å². The number of hydroxylamine groups is 1. The number of halogens is 2. The van der Waals surface area contributed by atoms with Crippen LogP contribution >= 0.6 is 15.9 Å². The molecule has 3 aromatic carbocycles. The quantitative estimate of drug-likeness (QED) is 0.265. The Labute approximate surface area is 206 Å². The Balaban J connectivity index is 1.64. The molecule has 9 nitrogen and oxygen atoms in total. The van der Waals surface area contributed by atoms with Crippen molar-refractivity contribution in [3.8, 4) is 5.75 Å². The maximum Gasteiger partial charge on any atom is 0.271 e. The van der Waals surface area contributed by atoms with Gasteiger partial charge in [0.05, 0.1) is 29.4 Å². The topological polar surface area (TPSA) is 102 Å². The van der Waals surface area contributed by atoms with Gasteiger partial charge in [-0.05, 0) is 48.5 Å². The molecule has 0 N–H and O–H groups in total. The molecule has 0 aliphatic carbocycles. The number of carbonyl (C=O) groups excluding carboxylic acids is 2. The van der Waals surface area contributed by atoms with Gasteiger partial charge in [-0.1, -0.05) is 22.0 Å². The number of benzene rings is 3. The lowest BCUT2D eigenvalue weighted by Gasteiger charge is -2.29. The zero-order valence-corrected chi connectivity index (χ0v) is 19.7. The minimum atomic E-state index is -1.19. The van der Waals surface area contributed by atoms with Crippen molar-refractivity contribution in [3.63, 3.8) is 0 Å². The van der Waals surface area contributed by atoms with Gasteiger partial charge in [-0.2, -0.15) is 0 Å². The summed E-state index contributed by atoms with van der Waals surface area (Å²) in [5.41, 5.74) is 0.896. The molecule has 3 atom stereocenters. The third kappa shape index (κ3) is 3.82. The van der Waals surface area contributed by atoms with Gasteiger partial charge in [0, 0.05) is 22.2 Å². The lowest BCUT2D eigenvalue weighted by Crippen LogP contribution is -2.37. The van der Waals surface area contributed by atoms with E-state index in [-0.39, 0.29) is 11.4 Å². The fraction of sp³-hybridized carbons (Fsp3) is 0.167. The van der Waals surface area contributed by atoms with Gasteiger partial charge in [-0.25, -0.2) is 14.4 Å². The molecule has 0 saturated carbocycles. The molecule has 5 rings (SSSR count). The Hall–Kier alpha value is -3.83. The standard InChI is InChI=1S/C24H17BrFN3O6/c1-34-19-10-5-13(25)11-18(19)21-20-22(35-28(21)16-3-2-4-17(12-16)29(32)33)24(31)27(23(20)30)15-8-6-14(26)7-9-15/h2-12,20-22H,1H3/t20-,21+,22+/m0/s1. The van der Waals surface area contributed by atoms with Crippen molar-refractivity contribution in [1.29, 1.82) is 0 Å². The Morgan fingerprint density at radius 2 is 1.77 bits per heavy atom. The molecule has 3 aromatic rings. The smallest absolute Gasteiger partial charge is 0.271 e. The van der Waals surface area contributed by atoms with E-state index >= 15 is 0 Å². The van der Waals surface area contributed by atoms with Crippen LogP contribution < -0.4 is 14.7 Å². The molecular weight excluding hydrogens is 525 g/mol. The van der Waals surface area contributed by atoms with E-state index in [1.165, 1.54) is 42.5 Å². The number of nitro benzene ring substituents is 1. The number of amides is 2. The number of non-ortho nitro benzene ring substituents is 1. The normalized spacial score (nSPS) is 21.4. The van der Waals surface area contributed by atoms with Gasteiger partial charge in [-0.3, -0.25) is 24.5 Å². The Morgan fingerprint density at radius 1 is 1.03 bits per heavy atom. The Bertz CT molecular complexity index is 1350. The highest BCUT2D eigenvalue weighted by Gasteiger charge is 2.60. The van der Waals surface area contributed by atoms with Crippen LogP contribution in [0.4, 0.5) is 21.5 Å². The number of anilines is 2. The third-order valence-electron chi connectivity index (χ3n) is 6.01. The first-order valence-electron chi connectivity index (χ1n) is 10.5. The number of ether oxygens (including phenoxy) is 1. The summed E-state index contributed by atoms with van der Waals surface area (Å²) in [7, 11) is 1.48. The van der Waals surface area contributed by atoms with Gasteiger partial charge in [0.15, 0.2) is 6.10 Å². The lowest BCUT2D eigenvalue weighted by molar-refractivity contribution is -0.384. The number of imide groups is 1. The van der Waals surface area contributed by atoms with Crippen LogP contribution in [-0.2, 0) is 14.4 Å². The lowest BCUT2D eigenvalue weighted by atomic mass is 9.90. The van der Waals surface area contributed by atoms with E-state index in [0.29, 0.717) is 21.5 Å². The number of carbonyl (C=O) groups is 2. The maximum absolute atomic E-state index is 13.6. The second kappa shape index (κ2) is 8.75. The number of rotatable bonds is 5. The molecule has 0 radical (unpaired) electrons. The molecule has 35 heavy (non-hydrogen) atoms. The highest BCUT2D eigenvalue weighted by molar-refractivity contribution is 9.10. The van der Waals surface area contributed by atoms with E-state index in [1.54, 1.807) is 24.3 Å². The van der Waals surface area contributed by atoms with Crippen LogP contribution in [0.2, 0.25) is 0 Å². The molecule has 0 unspecified atom stereocenters. The molecule has 178 valence electrons. The second-order valence-corrected chi connectivity index (χ2v) is 8.89. The summed E-state index contributed by atoms with van der Waals surface area (Å²) in [6.07, 6.45) is -1.19. The van der Waals surface area contributed by atoms with Gasteiger partial charge < -0.3 is 4.74 Å². The zero-order valence-electron chi connectivity index (χ0n) is 18.1. The summed E-state index contributed by atoms with van der Waals surface area (Å²) >= 11 is 3.43. The zero-order chi connectivity index (χ0) is 24.9. The average molecular weight is 542 g/mol. The Morgan fingerprint density at radius 3 is 2.46 bits per heavy atom. The number of nitro groups is 1. The van der Waals surface area contributed by atoms with Crippen LogP contribution in [0.25, 0.3) is 0 Å². The summed E-state index contributed by atoms with van der Waals surface area (Å²) in [5, 5.41) is 12.7. The van der Waals surface area contributed by atoms with E-state index in [9.17, 15) is 24.1 Å². The number of hydrogen-bond donors (Lipinski definition) is 0. The van der Waals surface area contributed by atoms with Gasteiger partial charge in [-0.15, -0.1) is 0 Å². The van der Waals surface area contributed by atoms with E-state index < -0.39 is 40.6 Å². The van der Waals surface area contributed by atoms with Gasteiger partial charge in [0.2, 0.25) is 5.91 Å². The SMILES string of the molecule is COc1ccc(Br)cc1[C@@H]1[C@@H]2C(=O)N(c3ccc(F)cc3)C(=O)[C@@H]2ON1c1cccc([N+](=O)[O-])c1. The highest BCUT2D eigenvalue weighted by Crippen LogP contribution is 2.50. The van der Waals surface area contributed by atoms with Crippen molar-refractivity contribution in [2.45, 2.75) is 12.1 Å². The first-order chi connectivity index (χ1) is 16.8. The minimum Gasteiger partial charge on any atom is -0.496 e. The van der Waals surface area contributed by atoms with Crippen molar-refractivity contribution in [1.82, 2.24) is 0 Å². The largest absolute Gasteiger partial charge is 0.496 e. The summed E-state index contributed by atoms with van der Waals surface area (Å²) in [4.78, 5) is 44.8. The van der Waals surface area contributed by atoms with Crippen LogP contribution in [0.15, 0.2) is 71.2 Å². The third-order valence-corrected chi connectivity index (χ3v) is 6.50. The molecular formula is C24H17BrFN3O6. The van der Waals surface area contributed by atoms with Crippen molar-refractivity contribution >= 4 is 44.8 Å². The molecule has 0 aromatic heterocycles. The van der Waals surface area contributed by atoms with Gasteiger partial charge >= 0.3 is 0 Å². The average Bonchev–Trinajstić information content (AvgIpc) is 3.36. The first kappa shape index (κ1) is 22.9. The predicted octanol–water partition coefficient (Wildman–Crippen LogP) is 4.56. The highest BCUT2D eigenvalue weighted by atomic mass is 79.9. The minimum absolute atomic E-state index is 0.172. The summed E-state index contributed by atoms with van der Waals surface area (Å²) in [6.45, 7) is 0. The van der Waals surface area contributed by atoms with Crippen molar-refractivity contribution in [2.75, 3.05) is 17.1 Å². The number of nitrogens with zero attached hydrogens (tertiary/aromatic N) is 3. The van der Waals surface area contributed by atoms with Crippen LogP contribution in [0.3, 0.4) is 0 Å². The molecule has 11 heteroatoms. The molecule has 2 aliphatic rings. The predicted molar refractivity (Wildman–Crippen MR) is 126 cm³/mol. The van der Waals surface area contributed by atoms with E-state index in [1.807, 2.05) is 0 Å². The van der Waals surface area contributed by atoms with Gasteiger partial charge in [0.1, 0.15) is 17.5 Å². The molecule has 2 saturated heterocycles. The van der Waals surface area contributed by atoms with Crippen molar-refractivity contribution in [3.05, 3.63) is 92.7 Å². The van der Waals surface area contributed by atoms with E-state index in [2.05, 4.69) is 15.9 Å². The summed E-state index contributed by atoms with van der Waals surface area (Å²) < 4.78 is 19.7. The molecule has 2 aliphatic heterocycles. The van der Waals surface area contributed by atoms with Crippen molar-refractivity contribution < 1.29 is 28.5 Å². The summed E-state index contributed by atoms with van der Waals surface area (Å²) in [6, 6.07) is 15.1. The van der Waals surface area contributed by atoms with E-state index in [0.717, 1.165) is 17.0 Å². The summed E-state index contributed by atoms with van der Waals surface area (Å²) in [5.74, 6) is -2.20. The first-order valence-corrected chi connectivity index (χ1v) is 11.3. The number of hydrogen-bond acceptors (Lipinski definition) is 7. The van der Waals surface area contributed by atoms with Crippen LogP contribution in [0.1, 0.15) is 11.6 Å². The maximum atomic E-state index is 13.6. The van der Waals surface area contributed by atoms with Crippen LogP contribution in [-0.4, -0.2) is 30.0 Å². The Kier molecular flexibility index (Phi) is 5.73. The monoisotopic (exact) mass is 541 g/mol. The second-order valence-electron chi connectivity index (χ2n) is 7.97. The fourth-order valence-electron chi connectivity index (χ4n) is 4.48. The number of methoxy groups -OCH3 is 1.